The van der Waals surface area contributed by atoms with Crippen LogP contribution in [0.3, 0.4) is 0 Å². The van der Waals surface area contributed by atoms with Gasteiger partial charge in [0.15, 0.2) is 21.3 Å². The van der Waals surface area contributed by atoms with Crippen molar-refractivity contribution in [3.63, 3.8) is 0 Å². The number of unbranched alkanes of at least 4 members (excludes halogenated alkanes) is 1. The monoisotopic (exact) mass is 433 g/mol. The number of nitrogens with one attached hydrogen (secondary N) is 1. The van der Waals surface area contributed by atoms with Gasteiger partial charge in [-0.15, -0.1) is 0 Å². The fraction of sp³-hybridized carbons (Fsp3) is 0.409. The van der Waals surface area contributed by atoms with E-state index >= 15 is 0 Å². The largest absolute Gasteiger partial charge is 0.494 e. The number of amides is 1. The lowest BCUT2D eigenvalue weighted by atomic mass is 9.86. The smallest absolute Gasteiger partial charge is 0.234 e. The predicted octanol–water partition coefficient (Wildman–Crippen LogP) is 3.57. The van der Waals surface area contributed by atoms with Crippen molar-refractivity contribution in [1.82, 2.24) is 0 Å². The molecule has 1 heterocycles. The molecule has 1 N–H and O–H groups in total. The molecule has 0 radical (unpaired) electrons. The van der Waals surface area contributed by atoms with Gasteiger partial charge >= 0.3 is 0 Å². The van der Waals surface area contributed by atoms with Gasteiger partial charge in [0.05, 0.1) is 36.9 Å². The van der Waals surface area contributed by atoms with Gasteiger partial charge in [-0.3, -0.25) is 4.79 Å². The van der Waals surface area contributed by atoms with Crippen molar-refractivity contribution in [2.24, 2.45) is 0 Å². The molecule has 0 saturated heterocycles. The van der Waals surface area contributed by atoms with Crippen molar-refractivity contribution in [1.29, 1.82) is 0 Å². The molecule has 8 heteroatoms. The second-order valence-corrected chi connectivity index (χ2v) is 9.79. The Balaban J connectivity index is 1.53. The van der Waals surface area contributed by atoms with Crippen molar-refractivity contribution in [3.8, 4) is 17.2 Å². The molecule has 30 heavy (non-hydrogen) atoms. The van der Waals surface area contributed by atoms with E-state index in [2.05, 4.69) is 5.32 Å². The van der Waals surface area contributed by atoms with Gasteiger partial charge in [0, 0.05) is 11.8 Å². The zero-order valence-electron chi connectivity index (χ0n) is 17.7. The molecule has 2 aromatic rings. The number of carbonyl (C=O) groups excluding carboxylic acids is 1. The average Bonchev–Trinajstić information content (AvgIpc) is 2.95. The minimum Gasteiger partial charge on any atom is -0.494 e. The Hall–Kier alpha value is -2.74. The van der Waals surface area contributed by atoms with Crippen LogP contribution in [0.2, 0.25) is 0 Å². The molecule has 0 atom stereocenters. The maximum Gasteiger partial charge on any atom is 0.234 e. The SMILES string of the molecule is COc1ccc(S(=O)(=O)CCCCOc2ccc3c(c2)C(C)(C)C(=O)N3)cc1OC. The lowest BCUT2D eigenvalue weighted by molar-refractivity contribution is -0.119. The van der Waals surface area contributed by atoms with Gasteiger partial charge in [0.25, 0.3) is 0 Å². The Morgan fingerprint density at radius 1 is 0.967 bits per heavy atom. The van der Waals surface area contributed by atoms with Gasteiger partial charge in [-0.1, -0.05) is 0 Å². The van der Waals surface area contributed by atoms with Crippen LogP contribution in [-0.2, 0) is 20.0 Å². The molecule has 0 spiro atoms. The lowest BCUT2D eigenvalue weighted by Crippen LogP contribution is -2.26. The molecule has 0 unspecified atom stereocenters. The van der Waals surface area contributed by atoms with E-state index in [1.54, 1.807) is 12.1 Å². The number of sulfone groups is 1. The topological polar surface area (TPSA) is 90.9 Å². The van der Waals surface area contributed by atoms with Crippen molar-refractivity contribution >= 4 is 21.4 Å². The number of methoxy groups -OCH3 is 2. The molecular formula is C22H27NO6S. The van der Waals surface area contributed by atoms with Crippen LogP contribution in [0.1, 0.15) is 32.3 Å². The maximum atomic E-state index is 12.6. The van der Waals surface area contributed by atoms with Gasteiger partial charge in [0.1, 0.15) is 5.75 Å². The van der Waals surface area contributed by atoms with Crippen LogP contribution in [0.5, 0.6) is 17.2 Å². The number of fused-ring (bicyclic) bond motifs is 1. The molecule has 0 aromatic heterocycles. The summed E-state index contributed by atoms with van der Waals surface area (Å²) in [5.41, 5.74) is 1.11. The molecule has 0 aliphatic carbocycles. The number of benzene rings is 2. The first kappa shape index (κ1) is 22.0. The minimum absolute atomic E-state index is 0.0154. The van der Waals surface area contributed by atoms with Crippen LogP contribution in [0.15, 0.2) is 41.3 Å². The van der Waals surface area contributed by atoms with Crippen LogP contribution in [0, 0.1) is 0 Å². The first-order valence-corrected chi connectivity index (χ1v) is 11.4. The standard InChI is InChI=1S/C22H27NO6S/c1-22(2)17-13-15(7-9-18(17)23-21(22)24)29-11-5-6-12-30(25,26)16-8-10-19(27-3)20(14-16)28-4/h7-10,13-14H,5-6,11-12H2,1-4H3,(H,23,24). The molecular weight excluding hydrogens is 406 g/mol. The van der Waals surface area contributed by atoms with E-state index in [4.69, 9.17) is 14.2 Å². The summed E-state index contributed by atoms with van der Waals surface area (Å²) >= 11 is 0. The molecule has 3 rings (SSSR count). The second kappa shape index (κ2) is 8.55. The fourth-order valence-electron chi connectivity index (χ4n) is 3.35. The highest BCUT2D eigenvalue weighted by molar-refractivity contribution is 7.91. The molecule has 0 fully saturated rings. The summed E-state index contributed by atoms with van der Waals surface area (Å²) in [4.78, 5) is 12.2. The average molecular weight is 434 g/mol. The van der Waals surface area contributed by atoms with Gasteiger partial charge in [-0.25, -0.2) is 8.42 Å². The van der Waals surface area contributed by atoms with E-state index in [9.17, 15) is 13.2 Å². The number of rotatable bonds is 9. The first-order valence-electron chi connectivity index (χ1n) is 9.72. The van der Waals surface area contributed by atoms with Crippen molar-refractivity contribution in [2.45, 2.75) is 37.0 Å². The van der Waals surface area contributed by atoms with E-state index in [0.29, 0.717) is 36.7 Å². The van der Waals surface area contributed by atoms with E-state index in [1.807, 2.05) is 26.0 Å². The summed E-state index contributed by atoms with van der Waals surface area (Å²) in [6, 6.07) is 10.1. The summed E-state index contributed by atoms with van der Waals surface area (Å²) in [6.45, 7) is 4.13. The number of hydrogen-bond acceptors (Lipinski definition) is 6. The highest BCUT2D eigenvalue weighted by Crippen LogP contribution is 2.39. The molecule has 2 aromatic carbocycles. The van der Waals surface area contributed by atoms with Crippen LogP contribution < -0.4 is 19.5 Å². The van der Waals surface area contributed by atoms with E-state index in [1.165, 1.54) is 26.4 Å². The zero-order chi connectivity index (χ0) is 21.9. The summed E-state index contributed by atoms with van der Waals surface area (Å²) < 4.78 is 41.3. The van der Waals surface area contributed by atoms with Crippen LogP contribution in [0.25, 0.3) is 0 Å². The molecule has 0 bridgehead atoms. The summed E-state index contributed by atoms with van der Waals surface area (Å²) in [5, 5.41) is 2.86. The van der Waals surface area contributed by atoms with Gasteiger partial charge < -0.3 is 19.5 Å². The fourth-order valence-corrected chi connectivity index (χ4v) is 4.73. The third-order valence-electron chi connectivity index (χ3n) is 5.27. The number of ether oxygens (including phenoxy) is 3. The Bertz CT molecular complexity index is 1050. The predicted molar refractivity (Wildman–Crippen MR) is 114 cm³/mol. The number of carbonyl (C=O) groups is 1. The Kier molecular flexibility index (Phi) is 6.26. The molecule has 162 valence electrons. The summed E-state index contributed by atoms with van der Waals surface area (Å²) in [5.74, 6) is 1.52. The maximum absolute atomic E-state index is 12.6. The number of hydrogen-bond donors (Lipinski definition) is 1. The molecule has 1 amide bonds. The normalized spacial score (nSPS) is 14.7. The van der Waals surface area contributed by atoms with Gasteiger partial charge in [-0.05, 0) is 62.6 Å². The van der Waals surface area contributed by atoms with E-state index in [0.717, 1.165) is 11.3 Å². The van der Waals surface area contributed by atoms with E-state index in [-0.39, 0.29) is 16.6 Å². The van der Waals surface area contributed by atoms with Gasteiger partial charge in [0.2, 0.25) is 5.91 Å². The van der Waals surface area contributed by atoms with E-state index < -0.39 is 15.3 Å². The third kappa shape index (κ3) is 4.38. The first-order chi connectivity index (χ1) is 14.2. The van der Waals surface area contributed by atoms with Crippen LogP contribution in [0.4, 0.5) is 5.69 Å². The second-order valence-electron chi connectivity index (χ2n) is 7.68. The van der Waals surface area contributed by atoms with Crippen molar-refractivity contribution < 1.29 is 27.4 Å². The molecule has 1 aliphatic rings. The zero-order valence-corrected chi connectivity index (χ0v) is 18.5. The molecule has 7 nitrogen and oxygen atoms in total. The van der Waals surface area contributed by atoms with Crippen molar-refractivity contribution in [2.75, 3.05) is 31.9 Å². The Morgan fingerprint density at radius 2 is 1.70 bits per heavy atom. The Morgan fingerprint density at radius 3 is 2.40 bits per heavy atom. The Labute approximate surface area is 177 Å². The minimum atomic E-state index is -3.43. The highest BCUT2D eigenvalue weighted by Gasteiger charge is 2.38. The quantitative estimate of drug-likeness (QED) is 0.608. The highest BCUT2D eigenvalue weighted by atomic mass is 32.2. The lowest BCUT2D eigenvalue weighted by Gasteiger charge is -2.16. The van der Waals surface area contributed by atoms with Crippen molar-refractivity contribution in [3.05, 3.63) is 42.0 Å². The molecule has 0 saturated carbocycles. The third-order valence-corrected chi connectivity index (χ3v) is 7.07. The van der Waals surface area contributed by atoms with Crippen LogP contribution in [-0.4, -0.2) is 40.9 Å². The summed E-state index contributed by atoms with van der Waals surface area (Å²) in [7, 11) is -0.457. The molecule has 1 aliphatic heterocycles. The summed E-state index contributed by atoms with van der Waals surface area (Å²) in [6.07, 6.45) is 1.05. The number of anilines is 1. The van der Waals surface area contributed by atoms with Crippen LogP contribution >= 0.6 is 0 Å². The van der Waals surface area contributed by atoms with Gasteiger partial charge in [-0.2, -0.15) is 0 Å².